The number of allylic oxidation sites excluding steroid dienone is 28. The number of aliphatic hydroxyl groups is 1. The van der Waals surface area contributed by atoms with E-state index < -0.39 is 97.5 Å². The number of carbonyl (C=O) groups is 4. The van der Waals surface area contributed by atoms with Crippen molar-refractivity contribution in [2.24, 2.45) is 0 Å². The van der Waals surface area contributed by atoms with E-state index in [0.717, 1.165) is 205 Å². The molecule has 108 heavy (non-hydrogen) atoms. The van der Waals surface area contributed by atoms with Crippen LogP contribution >= 0.6 is 15.6 Å². The minimum atomic E-state index is -5.01. The van der Waals surface area contributed by atoms with E-state index in [9.17, 15) is 43.2 Å². The fourth-order valence-corrected chi connectivity index (χ4v) is 12.0. The Kier molecular flexibility index (Phi) is 75.4. The molecule has 614 valence electrons. The van der Waals surface area contributed by atoms with Crippen molar-refractivity contribution in [2.75, 3.05) is 39.6 Å². The lowest BCUT2D eigenvalue weighted by Crippen LogP contribution is -2.30. The van der Waals surface area contributed by atoms with Crippen molar-refractivity contribution < 1.29 is 80.2 Å². The summed E-state index contributed by atoms with van der Waals surface area (Å²) in [6.45, 7) is 4.43. The summed E-state index contributed by atoms with van der Waals surface area (Å²) in [4.78, 5) is 73.1. The molecule has 0 heterocycles. The van der Waals surface area contributed by atoms with Gasteiger partial charge in [-0.25, -0.2) is 9.13 Å². The van der Waals surface area contributed by atoms with Crippen LogP contribution in [0.3, 0.4) is 0 Å². The van der Waals surface area contributed by atoms with Gasteiger partial charge in [0.25, 0.3) is 0 Å². The minimum Gasteiger partial charge on any atom is -0.462 e. The molecule has 0 radical (unpaired) electrons. The van der Waals surface area contributed by atoms with Crippen LogP contribution in [-0.4, -0.2) is 96.7 Å². The Labute approximate surface area is 654 Å². The molecule has 0 aliphatic carbocycles. The second-order valence-corrected chi connectivity index (χ2v) is 29.8. The van der Waals surface area contributed by atoms with Gasteiger partial charge in [-0.1, -0.05) is 294 Å². The molecule has 19 heteroatoms. The first-order valence-electron chi connectivity index (χ1n) is 41.4. The highest BCUT2D eigenvalue weighted by Gasteiger charge is 2.30. The van der Waals surface area contributed by atoms with Gasteiger partial charge >= 0.3 is 39.5 Å². The van der Waals surface area contributed by atoms with Crippen LogP contribution in [-0.2, 0) is 65.4 Å². The number of ether oxygens (including phenoxy) is 4. The van der Waals surface area contributed by atoms with Crippen LogP contribution in [0.1, 0.15) is 310 Å². The van der Waals surface area contributed by atoms with Gasteiger partial charge in [0.2, 0.25) is 0 Å². The second-order valence-electron chi connectivity index (χ2n) is 26.9. The number of phosphoric acid groups is 2. The number of carbonyl (C=O) groups excluding carboxylic acids is 4. The third-order valence-electron chi connectivity index (χ3n) is 16.6. The van der Waals surface area contributed by atoms with Crippen LogP contribution < -0.4 is 0 Å². The fourth-order valence-electron chi connectivity index (χ4n) is 10.4. The van der Waals surface area contributed by atoms with Crippen molar-refractivity contribution >= 4 is 39.5 Å². The molecular weight excluding hydrogens is 1400 g/mol. The largest absolute Gasteiger partial charge is 0.472 e. The highest BCUT2D eigenvalue weighted by molar-refractivity contribution is 7.47. The molecule has 0 aromatic carbocycles. The van der Waals surface area contributed by atoms with Crippen molar-refractivity contribution in [3.63, 3.8) is 0 Å². The molecule has 0 aliphatic rings. The average Bonchev–Trinajstić information content (AvgIpc) is 0.916. The number of hydrogen-bond acceptors (Lipinski definition) is 15. The summed E-state index contributed by atoms with van der Waals surface area (Å²) in [7, 11) is -10.0. The number of aliphatic hydroxyl groups excluding tert-OH is 1. The monoisotopic (exact) mass is 1550 g/mol. The van der Waals surface area contributed by atoms with Gasteiger partial charge in [-0.15, -0.1) is 0 Å². The number of unbranched alkanes of at least 4 members (excludes halogenated alkanes) is 22. The maximum Gasteiger partial charge on any atom is 0.472 e. The molecule has 0 spiro atoms. The molecule has 0 aromatic rings. The molecule has 0 bridgehead atoms. The normalized spacial score (nSPS) is 14.7. The summed E-state index contributed by atoms with van der Waals surface area (Å²) in [5.74, 6) is -2.32. The third kappa shape index (κ3) is 78.5. The molecule has 0 aliphatic heterocycles. The predicted octanol–water partition coefficient (Wildman–Crippen LogP) is 24.6. The van der Waals surface area contributed by atoms with Gasteiger partial charge < -0.3 is 33.8 Å². The Morgan fingerprint density at radius 3 is 0.833 bits per heavy atom. The number of hydrogen-bond donors (Lipinski definition) is 3. The van der Waals surface area contributed by atoms with E-state index in [1.165, 1.54) is 19.3 Å². The minimum absolute atomic E-state index is 0.0276. The van der Waals surface area contributed by atoms with Crippen LogP contribution in [0.5, 0.6) is 0 Å². The van der Waals surface area contributed by atoms with Crippen molar-refractivity contribution in [3.8, 4) is 0 Å². The molecule has 0 amide bonds. The Morgan fingerprint density at radius 2 is 0.519 bits per heavy atom. The zero-order chi connectivity index (χ0) is 78.9. The van der Waals surface area contributed by atoms with Crippen molar-refractivity contribution in [2.45, 2.75) is 329 Å². The number of rotatable bonds is 76. The second kappa shape index (κ2) is 79.5. The van der Waals surface area contributed by atoms with Gasteiger partial charge in [0.05, 0.1) is 26.4 Å². The standard InChI is InChI=1S/C89H146O17P2/c1-5-9-13-17-21-25-29-33-36-39-41-44-46-50-53-57-61-65-69-73-86(91)99-79-84(105-88(93)75-71-67-63-59-55-49-32-28-24-20-16-12-8-4)81-103-107(95,96)101-77-83(90)78-102-108(97,98)104-82-85(106-89(94)76-72-68-64-60-56-52-48-43-38-35-31-27-23-19-15-11-7-3)80-100-87(92)74-70-66-62-58-54-51-47-45-42-40-37-34-30-26-22-18-14-10-6-2/h9,11,13,15-16,20-23,25-28,32-38,41-42,44-45,50,53,61,65,83-85,90H,5-8,10,12,14,17-19,24,29-31,39-40,43,46-49,51-52,54-60,62-64,66-82H2,1-4H3,(H,95,96)(H,97,98)/b13-9-,15-11-,20-16-,25-21-,26-22-,27-23-,32-28-,36-33-,37-34-,38-35-,44-41-,45-42-,53-50-,65-61-. The molecule has 0 fully saturated rings. The van der Waals surface area contributed by atoms with E-state index in [-0.39, 0.29) is 25.7 Å². The summed E-state index contributed by atoms with van der Waals surface area (Å²) >= 11 is 0. The first-order chi connectivity index (χ1) is 52.7. The Bertz CT molecular complexity index is 2710. The summed E-state index contributed by atoms with van der Waals surface area (Å²) in [5, 5.41) is 10.7. The lowest BCUT2D eigenvalue weighted by atomic mass is 10.1. The molecular formula is C89H146O17P2. The lowest BCUT2D eigenvalue weighted by Gasteiger charge is -2.21. The summed E-state index contributed by atoms with van der Waals surface area (Å²) < 4.78 is 68.6. The van der Waals surface area contributed by atoms with Crippen LogP contribution in [0.4, 0.5) is 0 Å². The molecule has 5 unspecified atom stereocenters. The summed E-state index contributed by atoms with van der Waals surface area (Å²) in [5.41, 5.74) is 0. The molecule has 0 saturated heterocycles. The Hall–Kier alpha value is -5.58. The third-order valence-corrected chi connectivity index (χ3v) is 18.5. The van der Waals surface area contributed by atoms with Crippen molar-refractivity contribution in [1.29, 1.82) is 0 Å². The molecule has 0 rings (SSSR count). The van der Waals surface area contributed by atoms with Crippen molar-refractivity contribution in [1.82, 2.24) is 0 Å². The first-order valence-corrected chi connectivity index (χ1v) is 44.4. The van der Waals surface area contributed by atoms with Crippen molar-refractivity contribution in [3.05, 3.63) is 170 Å². The fraction of sp³-hybridized carbons (Fsp3) is 0.640. The molecule has 3 N–H and O–H groups in total. The van der Waals surface area contributed by atoms with E-state index in [1.807, 2.05) is 18.2 Å². The van der Waals surface area contributed by atoms with Gasteiger partial charge in [-0.2, -0.15) is 0 Å². The predicted molar refractivity (Wildman–Crippen MR) is 445 cm³/mol. The maximum atomic E-state index is 13.1. The van der Waals surface area contributed by atoms with Crippen LogP contribution in [0, 0.1) is 0 Å². The van der Waals surface area contributed by atoms with E-state index in [0.29, 0.717) is 32.1 Å². The Morgan fingerprint density at radius 1 is 0.269 bits per heavy atom. The zero-order valence-corrected chi connectivity index (χ0v) is 69.0. The lowest BCUT2D eigenvalue weighted by molar-refractivity contribution is -0.161. The number of esters is 4. The quantitative estimate of drug-likeness (QED) is 0.0169. The average molecular weight is 1550 g/mol. The zero-order valence-electron chi connectivity index (χ0n) is 67.2. The first kappa shape index (κ1) is 102. The van der Waals surface area contributed by atoms with Gasteiger partial charge in [-0.05, 0) is 161 Å². The molecule has 5 atom stereocenters. The van der Waals surface area contributed by atoms with Gasteiger partial charge in [0.15, 0.2) is 12.2 Å². The van der Waals surface area contributed by atoms with Gasteiger partial charge in [0, 0.05) is 25.7 Å². The topological polar surface area (TPSA) is 237 Å². The molecule has 0 saturated carbocycles. The van der Waals surface area contributed by atoms with E-state index in [4.69, 9.17) is 37.0 Å². The maximum absolute atomic E-state index is 13.1. The van der Waals surface area contributed by atoms with E-state index in [1.54, 1.807) is 0 Å². The highest BCUT2D eigenvalue weighted by Crippen LogP contribution is 2.45. The van der Waals surface area contributed by atoms with Gasteiger partial charge in [-0.3, -0.25) is 37.3 Å². The van der Waals surface area contributed by atoms with Crippen LogP contribution in [0.2, 0.25) is 0 Å². The number of phosphoric ester groups is 2. The molecule has 0 aromatic heterocycles. The Balaban J connectivity index is 5.45. The SMILES string of the molecule is CC/C=C\C/C=C\C/C=C\C/C=C\C/C=C\C/C=C\CCC(=O)OCC(COP(=O)(O)OCC(O)COP(=O)(O)OCC(COC(=O)CCCCCCCC/C=C\C/C=C\C/C=C\CCCCC)OC(=O)CCCCCCCCC/C=C\C/C=C\C/C=C\CC)OC(=O)CCCCCCC/C=C\C/C=C\CCC. The van der Waals surface area contributed by atoms with Crippen LogP contribution in [0.15, 0.2) is 170 Å². The molecule has 17 nitrogen and oxygen atoms in total. The highest BCUT2D eigenvalue weighted by atomic mass is 31.2. The summed E-state index contributed by atoms with van der Waals surface area (Å²) in [6.07, 6.45) is 94.8. The smallest absolute Gasteiger partial charge is 0.462 e. The van der Waals surface area contributed by atoms with Crippen LogP contribution in [0.25, 0.3) is 0 Å². The van der Waals surface area contributed by atoms with E-state index in [2.05, 4.69) is 180 Å². The van der Waals surface area contributed by atoms with E-state index >= 15 is 0 Å². The summed E-state index contributed by atoms with van der Waals surface area (Å²) in [6, 6.07) is 0. The van der Waals surface area contributed by atoms with Gasteiger partial charge in [0.1, 0.15) is 19.3 Å².